The first-order chi connectivity index (χ1) is 16.4. The molecular weight excluding hydrogens is 454 g/mol. The summed E-state index contributed by atoms with van der Waals surface area (Å²) in [6, 6.07) is 3.77. The summed E-state index contributed by atoms with van der Waals surface area (Å²) in [4.78, 5) is 52.9. The Morgan fingerprint density at radius 2 is 1.86 bits per heavy atom. The lowest BCUT2D eigenvalue weighted by molar-refractivity contribution is -0.145. The Bertz CT molecular complexity index is 924. The molecule has 2 rings (SSSR count). The predicted molar refractivity (Wildman–Crippen MR) is 128 cm³/mol. The normalized spacial score (nSPS) is 15.8. The third-order valence-electron chi connectivity index (χ3n) is 5.69. The molecule has 0 aliphatic heterocycles. The molecule has 194 valence electrons. The van der Waals surface area contributed by atoms with E-state index < -0.39 is 41.6 Å². The molecule has 3 atom stereocenters. The molecule has 10 heteroatoms. The van der Waals surface area contributed by atoms with Crippen LogP contribution in [0, 0.1) is 5.92 Å². The molecule has 0 radical (unpaired) electrons. The first-order valence-electron chi connectivity index (χ1n) is 11.8. The zero-order valence-electron chi connectivity index (χ0n) is 21.3. The Morgan fingerprint density at radius 3 is 2.37 bits per heavy atom. The van der Waals surface area contributed by atoms with Gasteiger partial charge in [-0.15, -0.1) is 0 Å². The molecule has 1 fully saturated rings. The van der Waals surface area contributed by atoms with Crippen LogP contribution in [0.2, 0.25) is 0 Å². The third-order valence-corrected chi connectivity index (χ3v) is 5.69. The Kier molecular flexibility index (Phi) is 9.50. The Hall–Kier alpha value is -3.30. The van der Waals surface area contributed by atoms with Crippen LogP contribution in [0.5, 0.6) is 5.75 Å². The van der Waals surface area contributed by atoms with Gasteiger partial charge in [0.1, 0.15) is 30.0 Å². The van der Waals surface area contributed by atoms with E-state index in [2.05, 4.69) is 15.4 Å². The summed E-state index contributed by atoms with van der Waals surface area (Å²) in [7, 11) is 1.21. The summed E-state index contributed by atoms with van der Waals surface area (Å²) in [6.45, 7) is 8.55. The number of aromatic hydroxyl groups is 1. The number of methoxy groups -OCH3 is 1. The number of phenolic OH excluding ortho intramolecular Hbond substituents is 1. The van der Waals surface area contributed by atoms with Gasteiger partial charge in [0.25, 0.3) is 0 Å². The molecule has 35 heavy (non-hydrogen) atoms. The third kappa shape index (κ3) is 8.15. The second kappa shape index (κ2) is 11.9. The highest BCUT2D eigenvalue weighted by Crippen LogP contribution is 2.37. The van der Waals surface area contributed by atoms with Gasteiger partial charge in [-0.25, -0.2) is 4.79 Å². The van der Waals surface area contributed by atoms with Crippen LogP contribution >= 0.6 is 0 Å². The largest absolute Gasteiger partial charge is 0.508 e. The summed E-state index contributed by atoms with van der Waals surface area (Å²) >= 11 is 0. The average molecular weight is 492 g/mol. The van der Waals surface area contributed by atoms with Crippen molar-refractivity contribution in [1.82, 2.24) is 15.5 Å². The molecule has 10 nitrogen and oxygen atoms in total. The number of nitrogens with zero attached hydrogens (tertiary/aromatic N) is 1. The molecule has 3 N–H and O–H groups in total. The van der Waals surface area contributed by atoms with Crippen molar-refractivity contribution in [2.75, 3.05) is 13.7 Å². The Labute approximate surface area is 206 Å². The maximum Gasteiger partial charge on any atom is 0.408 e. The molecule has 1 aliphatic rings. The van der Waals surface area contributed by atoms with Gasteiger partial charge in [-0.05, 0) is 57.2 Å². The van der Waals surface area contributed by atoms with Crippen LogP contribution in [0.4, 0.5) is 4.79 Å². The standard InChI is InChI=1S/C25H37N3O7/c1-7-15(2)20(27-24(33)35-25(3,4)5)23(32)28(17-11-12-17)21(16-9-8-10-18(29)13-16)22(31)26-14-19(30)34-6/h8-10,13,15,17,20-21,29H,7,11-12,14H2,1-6H3,(H,26,31)(H,27,33). The number of esters is 1. The highest BCUT2D eigenvalue weighted by atomic mass is 16.6. The molecule has 1 aliphatic carbocycles. The molecule has 1 aromatic rings. The molecule has 0 spiro atoms. The van der Waals surface area contributed by atoms with Crippen molar-refractivity contribution in [3.8, 4) is 5.75 Å². The van der Waals surface area contributed by atoms with Crippen molar-refractivity contribution in [2.24, 2.45) is 5.92 Å². The molecule has 0 aromatic heterocycles. The van der Waals surface area contributed by atoms with Crippen molar-refractivity contribution in [1.29, 1.82) is 0 Å². The molecule has 1 saturated carbocycles. The lowest BCUT2D eigenvalue weighted by atomic mass is 9.95. The first-order valence-corrected chi connectivity index (χ1v) is 11.8. The molecule has 1 aromatic carbocycles. The van der Waals surface area contributed by atoms with Crippen molar-refractivity contribution < 1.29 is 33.8 Å². The fraction of sp³-hybridized carbons (Fsp3) is 0.600. The molecule has 3 amide bonds. The number of hydrogen-bond donors (Lipinski definition) is 3. The van der Waals surface area contributed by atoms with Gasteiger partial charge in [-0.3, -0.25) is 14.4 Å². The van der Waals surface area contributed by atoms with Crippen LogP contribution < -0.4 is 10.6 Å². The number of hydrogen-bond acceptors (Lipinski definition) is 7. The summed E-state index contributed by atoms with van der Waals surface area (Å²) < 4.78 is 9.98. The lowest BCUT2D eigenvalue weighted by Crippen LogP contribution is -2.56. The first kappa shape index (κ1) is 27.9. The number of rotatable bonds is 10. The van der Waals surface area contributed by atoms with Crippen molar-refractivity contribution in [3.63, 3.8) is 0 Å². The fourth-order valence-electron chi connectivity index (χ4n) is 3.61. The van der Waals surface area contributed by atoms with E-state index >= 15 is 0 Å². The van der Waals surface area contributed by atoms with Gasteiger partial charge in [-0.2, -0.15) is 0 Å². The maximum absolute atomic E-state index is 13.9. The van der Waals surface area contributed by atoms with Gasteiger partial charge in [0.2, 0.25) is 11.8 Å². The van der Waals surface area contributed by atoms with Gasteiger partial charge in [-0.1, -0.05) is 32.4 Å². The molecule has 0 bridgehead atoms. The van der Waals surface area contributed by atoms with Crippen LogP contribution in [0.1, 0.15) is 65.5 Å². The number of nitrogens with one attached hydrogen (secondary N) is 2. The minimum absolute atomic E-state index is 0.0678. The lowest BCUT2D eigenvalue weighted by Gasteiger charge is -2.36. The van der Waals surface area contributed by atoms with Gasteiger partial charge in [0.15, 0.2) is 0 Å². The SMILES string of the molecule is CCC(C)C(NC(=O)OC(C)(C)C)C(=O)N(C1CC1)C(C(=O)NCC(=O)OC)c1cccc(O)c1. The number of benzene rings is 1. The van der Waals surface area contributed by atoms with Crippen LogP contribution in [-0.2, 0) is 23.9 Å². The van der Waals surface area contributed by atoms with Crippen LogP contribution in [-0.4, -0.2) is 65.2 Å². The summed E-state index contributed by atoms with van der Waals surface area (Å²) in [5.74, 6) is -1.99. The highest BCUT2D eigenvalue weighted by Gasteiger charge is 2.45. The van der Waals surface area contributed by atoms with Crippen LogP contribution in [0.15, 0.2) is 24.3 Å². The number of ether oxygens (including phenoxy) is 2. The van der Waals surface area contributed by atoms with Crippen molar-refractivity contribution in [3.05, 3.63) is 29.8 Å². The minimum atomic E-state index is -1.13. The predicted octanol–water partition coefficient (Wildman–Crippen LogP) is 2.65. The molecule has 0 heterocycles. The molecule has 3 unspecified atom stereocenters. The monoisotopic (exact) mass is 491 g/mol. The highest BCUT2D eigenvalue weighted by molar-refractivity contribution is 5.93. The van der Waals surface area contributed by atoms with E-state index in [0.717, 1.165) is 0 Å². The zero-order chi connectivity index (χ0) is 26.3. The van der Waals surface area contributed by atoms with E-state index in [1.54, 1.807) is 32.9 Å². The fourth-order valence-corrected chi connectivity index (χ4v) is 3.61. The summed E-state index contributed by atoms with van der Waals surface area (Å²) in [5.41, 5.74) is -0.367. The average Bonchev–Trinajstić information content (AvgIpc) is 3.62. The van der Waals surface area contributed by atoms with E-state index in [4.69, 9.17) is 4.74 Å². The second-order valence-electron chi connectivity index (χ2n) is 9.78. The topological polar surface area (TPSA) is 134 Å². The van der Waals surface area contributed by atoms with Gasteiger partial charge < -0.3 is 30.1 Å². The smallest absolute Gasteiger partial charge is 0.408 e. The van der Waals surface area contributed by atoms with E-state index in [-0.39, 0.29) is 24.3 Å². The van der Waals surface area contributed by atoms with Crippen LogP contribution in [0.3, 0.4) is 0 Å². The van der Waals surface area contributed by atoms with Crippen molar-refractivity contribution in [2.45, 2.75) is 77.6 Å². The summed E-state index contributed by atoms with van der Waals surface area (Å²) in [5, 5.41) is 15.3. The van der Waals surface area contributed by atoms with E-state index in [1.165, 1.54) is 24.1 Å². The second-order valence-corrected chi connectivity index (χ2v) is 9.78. The van der Waals surface area contributed by atoms with Crippen molar-refractivity contribution >= 4 is 23.9 Å². The van der Waals surface area contributed by atoms with Gasteiger partial charge in [0, 0.05) is 6.04 Å². The molecule has 0 saturated heterocycles. The maximum atomic E-state index is 13.9. The van der Waals surface area contributed by atoms with E-state index in [9.17, 15) is 24.3 Å². The minimum Gasteiger partial charge on any atom is -0.508 e. The number of phenols is 1. The van der Waals surface area contributed by atoms with E-state index in [0.29, 0.717) is 24.8 Å². The zero-order valence-corrected chi connectivity index (χ0v) is 21.3. The summed E-state index contributed by atoms with van der Waals surface area (Å²) in [6.07, 6.45) is 1.24. The van der Waals surface area contributed by atoms with Crippen LogP contribution in [0.25, 0.3) is 0 Å². The van der Waals surface area contributed by atoms with Gasteiger partial charge in [0.05, 0.1) is 7.11 Å². The number of alkyl carbamates (subject to hydrolysis) is 1. The van der Waals surface area contributed by atoms with Gasteiger partial charge >= 0.3 is 12.1 Å². The number of carbonyl (C=O) groups is 4. The quantitative estimate of drug-likeness (QED) is 0.428. The Morgan fingerprint density at radius 1 is 1.20 bits per heavy atom. The number of carbonyl (C=O) groups excluding carboxylic acids is 4. The van der Waals surface area contributed by atoms with E-state index in [1.807, 2.05) is 13.8 Å². The number of amides is 3. The Balaban J connectivity index is 2.44. The molecular formula is C25H37N3O7.